The van der Waals surface area contributed by atoms with Crippen LogP contribution in [0.3, 0.4) is 0 Å². The van der Waals surface area contributed by atoms with E-state index in [-0.39, 0.29) is 66.5 Å². The fraction of sp³-hybridized carbons (Fsp3) is 0.300. The fourth-order valence-electron chi connectivity index (χ4n) is 1.91. The van der Waals surface area contributed by atoms with E-state index in [4.69, 9.17) is 0 Å². The number of β-lactam (4-membered cyclic amide) rings is 1. The maximum absolute atomic E-state index is 11.8. The molecule has 1 fully saturated rings. The minimum absolute atomic E-state index is 0. The van der Waals surface area contributed by atoms with Crippen LogP contribution in [0.5, 0.6) is 0 Å². The maximum atomic E-state index is 11.8. The zero-order chi connectivity index (χ0) is 17.4. The molecule has 2 heterocycles. The van der Waals surface area contributed by atoms with Crippen LogP contribution in [0.1, 0.15) is 17.4 Å². The molecule has 0 aliphatic carbocycles. The van der Waals surface area contributed by atoms with E-state index in [0.29, 0.717) is 6.41 Å². The maximum Gasteiger partial charge on any atom is 1.00 e. The van der Waals surface area contributed by atoms with Gasteiger partial charge in [-0.1, -0.05) is 0 Å². The van der Waals surface area contributed by atoms with E-state index >= 15 is 0 Å². The van der Waals surface area contributed by atoms with Gasteiger partial charge in [-0.05, 0) is 6.92 Å². The molecule has 0 spiro atoms. The third-order valence-electron chi connectivity index (χ3n) is 2.99. The number of rotatable bonds is 6. The Morgan fingerprint density at radius 3 is 2.58 bits per heavy atom. The van der Waals surface area contributed by atoms with Gasteiger partial charge in [-0.3, -0.25) is 19.2 Å². The number of nitrogens with one attached hydrogen (secondary N) is 2. The van der Waals surface area contributed by atoms with Gasteiger partial charge in [0.2, 0.25) is 6.41 Å². The fourth-order valence-corrected chi connectivity index (χ4v) is 3.42. The third kappa shape index (κ3) is 4.26. The van der Waals surface area contributed by atoms with E-state index in [1.807, 2.05) is 5.32 Å². The average molecular weight is 400 g/mol. The first-order valence-electron chi connectivity index (χ1n) is 5.96. The Hall–Kier alpha value is -0.744. The Morgan fingerprint density at radius 1 is 1.46 bits per heavy atom. The molecule has 1 aromatic heterocycles. The summed E-state index contributed by atoms with van der Waals surface area (Å²) < 4.78 is 32.5. The summed E-state index contributed by atoms with van der Waals surface area (Å²) in [5.41, 5.74) is -0.246. The number of hydrogen-bond acceptors (Lipinski definition) is 9. The van der Waals surface area contributed by atoms with Crippen LogP contribution < -0.4 is 62.0 Å². The standard InChI is InChI=1S/C10H10N4O7S2.K/c1-4-6(9(18)14(4)23(19,20)21)13-8(17)7(16)5-2-22-10(12-5)11-3-15;/h2-4,6H,1H3,(H,13,17)(H,11,12,15)(H,19,20,21);/q;+1/p-1/t4-,6-;/m0./s1. The summed E-state index contributed by atoms with van der Waals surface area (Å²) in [4.78, 5) is 49.1. The Kier molecular flexibility index (Phi) is 7.18. The average Bonchev–Trinajstić information content (AvgIpc) is 2.91. The first-order valence-corrected chi connectivity index (χ1v) is 8.21. The summed E-state index contributed by atoms with van der Waals surface area (Å²) in [6.45, 7) is 1.24. The zero-order valence-corrected chi connectivity index (χ0v) is 17.1. The molecule has 14 heteroatoms. The van der Waals surface area contributed by atoms with Crippen molar-refractivity contribution in [2.75, 3.05) is 5.32 Å². The molecule has 11 nitrogen and oxygen atoms in total. The Morgan fingerprint density at radius 2 is 2.08 bits per heavy atom. The summed E-state index contributed by atoms with van der Waals surface area (Å²) >= 11 is 0.913. The number of amides is 3. The molecule has 24 heavy (non-hydrogen) atoms. The number of aromatic nitrogens is 1. The SMILES string of the molecule is C[C@H]1[C@H](NC(=O)C(=O)c2csc(NC=O)n2)C(=O)N1S(=O)(=O)[O-].[K+]. The van der Waals surface area contributed by atoms with E-state index in [9.17, 15) is 32.1 Å². The van der Waals surface area contributed by atoms with Gasteiger partial charge in [0.25, 0.3) is 17.6 Å². The molecule has 1 saturated heterocycles. The Bertz CT molecular complexity index is 793. The zero-order valence-electron chi connectivity index (χ0n) is 12.4. The molecule has 1 aliphatic rings. The Labute approximate surface area is 182 Å². The van der Waals surface area contributed by atoms with Crippen LogP contribution in [-0.2, 0) is 24.7 Å². The van der Waals surface area contributed by atoms with Crippen molar-refractivity contribution in [3.63, 3.8) is 0 Å². The van der Waals surface area contributed by atoms with Crippen molar-refractivity contribution in [2.24, 2.45) is 0 Å². The summed E-state index contributed by atoms with van der Waals surface area (Å²) in [7, 11) is -4.96. The molecule has 0 saturated carbocycles. The summed E-state index contributed by atoms with van der Waals surface area (Å²) in [6, 6.07) is -2.38. The monoisotopic (exact) mass is 400 g/mol. The van der Waals surface area contributed by atoms with Gasteiger partial charge >= 0.3 is 51.4 Å². The van der Waals surface area contributed by atoms with Crippen molar-refractivity contribution in [2.45, 2.75) is 19.0 Å². The van der Waals surface area contributed by atoms with Gasteiger partial charge in [-0.25, -0.2) is 17.7 Å². The van der Waals surface area contributed by atoms with Crippen LogP contribution in [-0.4, -0.2) is 58.4 Å². The number of ketones is 1. The summed E-state index contributed by atoms with van der Waals surface area (Å²) in [5, 5.41) is 5.59. The van der Waals surface area contributed by atoms with Crippen LogP contribution in [0, 0.1) is 0 Å². The van der Waals surface area contributed by atoms with Crippen LogP contribution in [0.2, 0.25) is 0 Å². The van der Waals surface area contributed by atoms with Crippen molar-refractivity contribution in [1.29, 1.82) is 0 Å². The van der Waals surface area contributed by atoms with Crippen molar-refractivity contribution < 1.29 is 83.5 Å². The summed E-state index contributed by atoms with van der Waals surface area (Å²) in [6.07, 6.45) is 0.347. The number of hydrogen-bond donors (Lipinski definition) is 2. The smallest absolute Gasteiger partial charge is 0.731 e. The minimum Gasteiger partial charge on any atom is -0.731 e. The van der Waals surface area contributed by atoms with E-state index in [1.54, 1.807) is 0 Å². The molecule has 1 aromatic rings. The molecule has 1 aliphatic heterocycles. The van der Waals surface area contributed by atoms with Crippen molar-refractivity contribution in [1.82, 2.24) is 14.6 Å². The third-order valence-corrected chi connectivity index (χ3v) is 4.76. The predicted octanol–water partition coefficient (Wildman–Crippen LogP) is -4.93. The molecular weight excluding hydrogens is 391 g/mol. The van der Waals surface area contributed by atoms with Gasteiger partial charge in [-0.15, -0.1) is 11.3 Å². The van der Waals surface area contributed by atoms with Crippen molar-refractivity contribution in [3.8, 4) is 0 Å². The first-order chi connectivity index (χ1) is 10.7. The topological polar surface area (TPSA) is 166 Å². The van der Waals surface area contributed by atoms with Crippen LogP contribution >= 0.6 is 11.3 Å². The Balaban J connectivity index is 0.00000288. The first kappa shape index (κ1) is 21.3. The molecule has 2 rings (SSSR count). The molecule has 2 atom stereocenters. The van der Waals surface area contributed by atoms with Crippen LogP contribution in [0.25, 0.3) is 0 Å². The van der Waals surface area contributed by atoms with Gasteiger partial charge in [0.1, 0.15) is 11.7 Å². The molecule has 0 bridgehead atoms. The second kappa shape index (κ2) is 8.09. The number of anilines is 1. The molecule has 0 aromatic carbocycles. The van der Waals surface area contributed by atoms with Crippen molar-refractivity contribution >= 4 is 50.8 Å². The second-order valence-electron chi connectivity index (χ2n) is 4.41. The van der Waals surface area contributed by atoms with Gasteiger partial charge < -0.3 is 15.2 Å². The molecule has 124 valence electrons. The van der Waals surface area contributed by atoms with Gasteiger partial charge in [0.15, 0.2) is 15.4 Å². The van der Waals surface area contributed by atoms with Gasteiger partial charge in [-0.2, -0.15) is 0 Å². The molecule has 2 N–H and O–H groups in total. The summed E-state index contributed by atoms with van der Waals surface area (Å²) in [5.74, 6) is -3.36. The number of carbonyl (C=O) groups excluding carboxylic acids is 4. The van der Waals surface area contributed by atoms with E-state index < -0.39 is 40.0 Å². The minimum atomic E-state index is -4.96. The number of nitrogens with zero attached hydrogens (tertiary/aromatic N) is 2. The van der Waals surface area contributed by atoms with Crippen LogP contribution in [0.15, 0.2) is 5.38 Å². The normalized spacial score (nSPS) is 19.8. The molecule has 0 radical (unpaired) electrons. The molecule has 3 amide bonds. The predicted molar refractivity (Wildman–Crippen MR) is 74.1 cm³/mol. The van der Waals surface area contributed by atoms with Crippen LogP contribution in [0.4, 0.5) is 5.13 Å². The number of carbonyl (C=O) groups is 4. The van der Waals surface area contributed by atoms with Gasteiger partial charge in [0.05, 0.1) is 6.04 Å². The molecule has 0 unspecified atom stereocenters. The van der Waals surface area contributed by atoms with E-state index in [1.165, 1.54) is 12.3 Å². The molecular formula is C10H9KN4O7S2. The number of Topliss-reactive ketones (excluding diaryl/α,β-unsaturated/α-hetero) is 1. The quantitative estimate of drug-likeness (QED) is 0.120. The van der Waals surface area contributed by atoms with Gasteiger partial charge in [0, 0.05) is 5.38 Å². The van der Waals surface area contributed by atoms with E-state index in [2.05, 4.69) is 10.3 Å². The van der Waals surface area contributed by atoms with Crippen molar-refractivity contribution in [3.05, 3.63) is 11.1 Å². The van der Waals surface area contributed by atoms with E-state index in [0.717, 1.165) is 11.3 Å². The number of thiazole rings is 1. The second-order valence-corrected chi connectivity index (χ2v) is 6.52. The largest absolute Gasteiger partial charge is 1.00 e.